The van der Waals surface area contributed by atoms with Crippen LogP contribution in [0.25, 0.3) is 0 Å². The maximum Gasteiger partial charge on any atom is 0.132 e. The van der Waals surface area contributed by atoms with E-state index in [0.29, 0.717) is 5.50 Å². The Bertz CT molecular complexity index is 228. The highest BCUT2D eigenvalue weighted by molar-refractivity contribution is 6.78. The molecule has 0 amide bonds. The van der Waals surface area contributed by atoms with E-state index in [4.69, 9.17) is 16.3 Å². The molecule has 1 radical (unpaired) electrons. The van der Waals surface area contributed by atoms with Crippen LogP contribution in [-0.2, 0) is 4.74 Å². The number of rotatable bonds is 5. The van der Waals surface area contributed by atoms with E-state index in [1.165, 1.54) is 5.19 Å². The Morgan fingerprint density at radius 2 is 2.00 bits per heavy atom. The number of hydrogen-bond acceptors (Lipinski definition) is 1. The lowest BCUT2D eigenvalue weighted by Gasteiger charge is -2.11. The lowest BCUT2D eigenvalue weighted by molar-refractivity contribution is 0.191. The molecular weight excluding hydrogens is 200 g/mol. The van der Waals surface area contributed by atoms with E-state index in [1.54, 1.807) is 0 Å². The van der Waals surface area contributed by atoms with E-state index in [-0.39, 0.29) is 0 Å². The fourth-order valence-electron chi connectivity index (χ4n) is 1.10. The Balaban J connectivity index is 2.56. The summed E-state index contributed by atoms with van der Waals surface area (Å²) >= 11 is 5.90. The Kier molecular flexibility index (Phi) is 5.12. The highest BCUT2D eigenvalue weighted by Crippen LogP contribution is 1.93. The maximum atomic E-state index is 5.90. The minimum Gasteiger partial charge on any atom is -0.385 e. The fraction of sp³-hybridized carbons (Fsp3) is 0.400. The van der Waals surface area contributed by atoms with Crippen molar-refractivity contribution in [3.8, 4) is 0 Å². The van der Waals surface area contributed by atoms with Gasteiger partial charge in [0.25, 0.3) is 0 Å². The van der Waals surface area contributed by atoms with Crippen LogP contribution in [0.3, 0.4) is 0 Å². The zero-order chi connectivity index (χ0) is 9.52. The molecular formula is C10H14ClOSi. The third-order valence-electron chi connectivity index (χ3n) is 1.82. The summed E-state index contributed by atoms with van der Waals surface area (Å²) < 4.78 is 5.40. The monoisotopic (exact) mass is 213 g/mol. The first-order valence-corrected chi connectivity index (χ1v) is 6.87. The zero-order valence-corrected chi connectivity index (χ0v) is 9.55. The van der Waals surface area contributed by atoms with Gasteiger partial charge in [0.15, 0.2) is 0 Å². The molecule has 0 atom stereocenters. The number of alkyl halides is 1. The standard InChI is InChI=1S/C10H14ClOSi/c1-2-12-9-13(8-11)10-6-4-3-5-7-10/h3-7H,2,8-9H2,1H3. The van der Waals surface area contributed by atoms with E-state index in [1.807, 2.05) is 13.0 Å². The molecule has 0 aliphatic carbocycles. The second-order valence-corrected chi connectivity index (χ2v) is 5.88. The average molecular weight is 214 g/mol. The quantitative estimate of drug-likeness (QED) is 0.535. The second-order valence-electron chi connectivity index (χ2n) is 2.74. The van der Waals surface area contributed by atoms with Gasteiger partial charge < -0.3 is 4.74 Å². The first-order valence-electron chi connectivity index (χ1n) is 4.42. The van der Waals surface area contributed by atoms with Crippen molar-refractivity contribution in [3.05, 3.63) is 30.3 Å². The van der Waals surface area contributed by atoms with Crippen molar-refractivity contribution in [2.45, 2.75) is 6.92 Å². The lowest BCUT2D eigenvalue weighted by Crippen LogP contribution is -2.37. The fourth-order valence-corrected chi connectivity index (χ4v) is 3.31. The molecule has 0 spiro atoms. The van der Waals surface area contributed by atoms with Crippen LogP contribution in [0.5, 0.6) is 0 Å². The van der Waals surface area contributed by atoms with Crippen LogP contribution < -0.4 is 5.19 Å². The summed E-state index contributed by atoms with van der Waals surface area (Å²) in [6.45, 7) is 2.79. The molecule has 1 aromatic rings. The SMILES string of the molecule is CCOC[Si](CCl)c1ccccc1. The van der Waals surface area contributed by atoms with E-state index in [9.17, 15) is 0 Å². The highest BCUT2D eigenvalue weighted by Gasteiger charge is 2.11. The van der Waals surface area contributed by atoms with Crippen LogP contribution in [0.2, 0.25) is 0 Å². The average Bonchev–Trinajstić information content (AvgIpc) is 2.21. The molecule has 0 heterocycles. The highest BCUT2D eigenvalue weighted by atomic mass is 35.5. The number of hydrogen-bond donors (Lipinski definition) is 0. The van der Waals surface area contributed by atoms with E-state index in [0.717, 1.165) is 12.8 Å². The number of benzene rings is 1. The lowest BCUT2D eigenvalue weighted by atomic mass is 10.4. The first kappa shape index (κ1) is 10.8. The van der Waals surface area contributed by atoms with E-state index >= 15 is 0 Å². The molecule has 0 aromatic heterocycles. The van der Waals surface area contributed by atoms with Gasteiger partial charge in [-0.05, 0) is 6.92 Å². The van der Waals surface area contributed by atoms with E-state index in [2.05, 4.69) is 24.3 Å². The van der Waals surface area contributed by atoms with Gasteiger partial charge in [0.1, 0.15) is 8.80 Å². The van der Waals surface area contributed by atoms with Crippen LogP contribution in [0, 0.1) is 0 Å². The molecule has 0 saturated carbocycles. The predicted octanol–water partition coefficient (Wildman–Crippen LogP) is 1.74. The van der Waals surface area contributed by atoms with Gasteiger partial charge >= 0.3 is 0 Å². The third-order valence-corrected chi connectivity index (χ3v) is 4.82. The summed E-state index contributed by atoms with van der Waals surface area (Å²) in [4.78, 5) is 0. The van der Waals surface area contributed by atoms with Crippen molar-refractivity contribution in [2.24, 2.45) is 0 Å². The summed E-state index contributed by atoms with van der Waals surface area (Å²) in [5.74, 6) is 0. The van der Waals surface area contributed by atoms with Gasteiger partial charge in [0.2, 0.25) is 0 Å². The number of ether oxygens (including phenoxy) is 1. The van der Waals surface area contributed by atoms with Crippen LogP contribution in [0.15, 0.2) is 30.3 Å². The summed E-state index contributed by atoms with van der Waals surface area (Å²) in [7, 11) is -0.681. The minimum atomic E-state index is -0.681. The molecule has 0 bridgehead atoms. The van der Waals surface area contributed by atoms with E-state index < -0.39 is 8.80 Å². The van der Waals surface area contributed by atoms with Gasteiger partial charge in [-0.15, -0.1) is 11.6 Å². The molecule has 0 saturated heterocycles. The molecule has 0 fully saturated rings. The summed E-state index contributed by atoms with van der Waals surface area (Å²) in [5.41, 5.74) is 0.717. The molecule has 0 unspecified atom stereocenters. The molecule has 1 nitrogen and oxygen atoms in total. The normalized spacial score (nSPS) is 10.7. The van der Waals surface area contributed by atoms with Gasteiger partial charge in [-0.2, -0.15) is 0 Å². The second kappa shape index (κ2) is 6.19. The largest absolute Gasteiger partial charge is 0.385 e. The van der Waals surface area contributed by atoms with Crippen molar-refractivity contribution in [2.75, 3.05) is 18.3 Å². The topological polar surface area (TPSA) is 9.23 Å². The Hall–Kier alpha value is -0.313. The third kappa shape index (κ3) is 3.51. The van der Waals surface area contributed by atoms with Gasteiger partial charge in [-0.25, -0.2) is 0 Å². The molecule has 71 valence electrons. The summed E-state index contributed by atoms with van der Waals surface area (Å²) in [5, 5.41) is 1.36. The van der Waals surface area contributed by atoms with Crippen molar-refractivity contribution in [1.82, 2.24) is 0 Å². The molecule has 0 aliphatic rings. The van der Waals surface area contributed by atoms with Gasteiger partial charge in [0.05, 0.1) is 0 Å². The van der Waals surface area contributed by atoms with Crippen molar-refractivity contribution in [1.29, 1.82) is 0 Å². The van der Waals surface area contributed by atoms with Crippen LogP contribution in [0.4, 0.5) is 0 Å². The predicted molar refractivity (Wildman–Crippen MR) is 59.0 cm³/mol. The van der Waals surface area contributed by atoms with Gasteiger partial charge in [-0.1, -0.05) is 35.5 Å². The Morgan fingerprint density at radius 1 is 1.31 bits per heavy atom. The van der Waals surface area contributed by atoms with Gasteiger partial charge in [0, 0.05) is 18.3 Å². The Labute approximate surface area is 86.3 Å². The van der Waals surface area contributed by atoms with Gasteiger partial charge in [-0.3, -0.25) is 0 Å². The number of halogens is 1. The van der Waals surface area contributed by atoms with Crippen LogP contribution in [-0.4, -0.2) is 27.1 Å². The molecule has 1 rings (SSSR count). The van der Waals surface area contributed by atoms with Crippen molar-refractivity contribution >= 4 is 25.6 Å². The minimum absolute atomic E-state index is 0.681. The Morgan fingerprint density at radius 3 is 2.54 bits per heavy atom. The molecule has 0 N–H and O–H groups in total. The van der Waals surface area contributed by atoms with Crippen LogP contribution >= 0.6 is 11.6 Å². The molecule has 13 heavy (non-hydrogen) atoms. The van der Waals surface area contributed by atoms with Crippen molar-refractivity contribution < 1.29 is 4.74 Å². The summed E-state index contributed by atoms with van der Waals surface area (Å²) in [6, 6.07) is 10.4. The maximum absolute atomic E-state index is 5.90. The van der Waals surface area contributed by atoms with Crippen molar-refractivity contribution in [3.63, 3.8) is 0 Å². The van der Waals surface area contributed by atoms with Crippen LogP contribution in [0.1, 0.15) is 6.92 Å². The molecule has 0 aliphatic heterocycles. The summed E-state index contributed by atoms with van der Waals surface area (Å²) in [6.07, 6.45) is 0.814. The zero-order valence-electron chi connectivity index (χ0n) is 7.79. The molecule has 3 heteroatoms. The molecule has 1 aromatic carbocycles. The first-order chi connectivity index (χ1) is 6.38. The smallest absolute Gasteiger partial charge is 0.132 e.